The van der Waals surface area contributed by atoms with Crippen molar-refractivity contribution in [2.75, 3.05) is 19.3 Å². The molecule has 1 heterocycles. The molecule has 13 heavy (non-hydrogen) atoms. The molecule has 3 nitrogen and oxygen atoms in total. The van der Waals surface area contributed by atoms with Crippen molar-refractivity contribution in [3.63, 3.8) is 0 Å². The Kier molecular flexibility index (Phi) is 3.84. The smallest absolute Gasteiger partial charge is 0.208 e. The van der Waals surface area contributed by atoms with Crippen molar-refractivity contribution < 1.29 is 0 Å². The monoisotopic (exact) mass is 195 g/mol. The highest BCUT2D eigenvalue weighted by Crippen LogP contribution is 2.17. The molecule has 0 atom stereocenters. The molecule has 0 aromatic rings. The minimum absolute atomic E-state index is 0.829. The van der Waals surface area contributed by atoms with Crippen LogP contribution < -0.4 is 0 Å². The standard InChI is InChI=1S/C9H13N3S/c1-8-3-5-12(6-4-8)9(13-2)11-7-10/h1,3-6H2,2H3. The number of nitrogens with zero attached hydrogens (tertiary/aromatic N) is 3. The molecule has 0 N–H and O–H groups in total. The van der Waals surface area contributed by atoms with E-state index in [1.54, 1.807) is 0 Å². The average molecular weight is 195 g/mol. The number of hydrogen-bond acceptors (Lipinski definition) is 3. The number of nitriles is 1. The van der Waals surface area contributed by atoms with Crippen LogP contribution in [0.25, 0.3) is 0 Å². The predicted octanol–water partition coefficient (Wildman–Crippen LogP) is 1.84. The van der Waals surface area contributed by atoms with Crippen LogP contribution in [0.2, 0.25) is 0 Å². The van der Waals surface area contributed by atoms with Gasteiger partial charge in [-0.15, -0.1) is 4.99 Å². The number of piperidine rings is 1. The number of likely N-dealkylation sites (tertiary alicyclic amines) is 1. The first-order valence-corrected chi connectivity index (χ1v) is 5.42. The Labute approximate surface area is 83.1 Å². The number of aliphatic imine (C=N–C) groups is 1. The van der Waals surface area contributed by atoms with Crippen LogP contribution in [0.15, 0.2) is 17.1 Å². The van der Waals surface area contributed by atoms with Gasteiger partial charge in [0.25, 0.3) is 0 Å². The third kappa shape index (κ3) is 2.78. The number of amidine groups is 1. The second-order valence-electron chi connectivity index (χ2n) is 2.94. The maximum absolute atomic E-state index is 8.46. The van der Waals surface area contributed by atoms with Gasteiger partial charge in [-0.2, -0.15) is 5.26 Å². The van der Waals surface area contributed by atoms with Gasteiger partial charge in [0.2, 0.25) is 6.19 Å². The molecule has 0 unspecified atom stereocenters. The van der Waals surface area contributed by atoms with Gasteiger partial charge in [-0.25, -0.2) is 0 Å². The zero-order valence-electron chi connectivity index (χ0n) is 7.79. The number of hydrogen-bond donors (Lipinski definition) is 0. The Balaban J connectivity index is 2.57. The largest absolute Gasteiger partial charge is 0.350 e. The SMILES string of the molecule is C=C1CCN(C(=NC#N)SC)CC1. The molecule has 0 aromatic heterocycles. The third-order valence-corrected chi connectivity index (χ3v) is 2.78. The summed E-state index contributed by atoms with van der Waals surface area (Å²) in [5.41, 5.74) is 1.30. The van der Waals surface area contributed by atoms with Gasteiger partial charge < -0.3 is 4.90 Å². The van der Waals surface area contributed by atoms with E-state index in [-0.39, 0.29) is 0 Å². The second-order valence-corrected chi connectivity index (χ2v) is 3.71. The Bertz CT molecular complexity index is 255. The zero-order chi connectivity index (χ0) is 9.68. The minimum Gasteiger partial charge on any atom is -0.350 e. The van der Waals surface area contributed by atoms with E-state index in [0.29, 0.717) is 0 Å². The summed E-state index contributed by atoms with van der Waals surface area (Å²) >= 11 is 1.53. The fraction of sp³-hybridized carbons (Fsp3) is 0.556. The first-order valence-electron chi connectivity index (χ1n) is 4.20. The van der Waals surface area contributed by atoms with Gasteiger partial charge in [-0.05, 0) is 19.1 Å². The number of thioether (sulfide) groups is 1. The van der Waals surface area contributed by atoms with Crippen LogP contribution >= 0.6 is 11.8 Å². The average Bonchev–Trinajstić information content (AvgIpc) is 2.16. The van der Waals surface area contributed by atoms with E-state index in [2.05, 4.69) is 16.5 Å². The molecular formula is C9H13N3S. The summed E-state index contributed by atoms with van der Waals surface area (Å²) in [6.45, 7) is 5.83. The van der Waals surface area contributed by atoms with Crippen LogP contribution in [0.5, 0.6) is 0 Å². The second kappa shape index (κ2) is 4.93. The van der Waals surface area contributed by atoms with E-state index in [0.717, 1.165) is 31.1 Å². The lowest BCUT2D eigenvalue weighted by molar-refractivity contribution is 0.396. The van der Waals surface area contributed by atoms with Crippen LogP contribution in [0.3, 0.4) is 0 Å². The van der Waals surface area contributed by atoms with E-state index in [1.807, 2.05) is 12.4 Å². The fourth-order valence-electron chi connectivity index (χ4n) is 1.30. The molecule has 4 heteroatoms. The maximum atomic E-state index is 8.46. The molecule has 0 aromatic carbocycles. The van der Waals surface area contributed by atoms with Crippen LogP contribution in [-0.4, -0.2) is 29.4 Å². The van der Waals surface area contributed by atoms with Gasteiger partial charge in [-0.3, -0.25) is 0 Å². The van der Waals surface area contributed by atoms with E-state index in [1.165, 1.54) is 17.3 Å². The zero-order valence-corrected chi connectivity index (χ0v) is 8.60. The van der Waals surface area contributed by atoms with Crippen molar-refractivity contribution >= 4 is 16.9 Å². The van der Waals surface area contributed by atoms with Crippen LogP contribution in [-0.2, 0) is 0 Å². The topological polar surface area (TPSA) is 39.4 Å². The summed E-state index contributed by atoms with van der Waals surface area (Å²) in [6, 6.07) is 0. The van der Waals surface area contributed by atoms with Gasteiger partial charge >= 0.3 is 0 Å². The molecule has 0 amide bonds. The molecule has 1 saturated heterocycles. The minimum atomic E-state index is 0.829. The molecule has 0 bridgehead atoms. The molecule has 1 aliphatic heterocycles. The molecule has 70 valence electrons. The van der Waals surface area contributed by atoms with Crippen molar-refractivity contribution in [3.8, 4) is 6.19 Å². The molecule has 1 fully saturated rings. The van der Waals surface area contributed by atoms with Crippen LogP contribution in [0, 0.1) is 11.5 Å². The fourth-order valence-corrected chi connectivity index (χ4v) is 1.88. The van der Waals surface area contributed by atoms with Crippen molar-refractivity contribution in [1.82, 2.24) is 4.90 Å². The van der Waals surface area contributed by atoms with E-state index in [4.69, 9.17) is 5.26 Å². The van der Waals surface area contributed by atoms with Gasteiger partial charge in [0.1, 0.15) is 0 Å². The first kappa shape index (κ1) is 10.1. The summed E-state index contributed by atoms with van der Waals surface area (Å²) in [6.07, 6.45) is 5.81. The highest BCUT2D eigenvalue weighted by molar-refractivity contribution is 8.13. The lowest BCUT2D eigenvalue weighted by atomic mass is 10.1. The summed E-state index contributed by atoms with van der Waals surface area (Å²) in [5.74, 6) is 0. The highest BCUT2D eigenvalue weighted by atomic mass is 32.2. The molecular weight excluding hydrogens is 182 g/mol. The van der Waals surface area contributed by atoms with Crippen molar-refractivity contribution in [1.29, 1.82) is 5.26 Å². The van der Waals surface area contributed by atoms with Crippen molar-refractivity contribution in [2.45, 2.75) is 12.8 Å². The van der Waals surface area contributed by atoms with Gasteiger partial charge in [0, 0.05) is 13.1 Å². The molecule has 0 saturated carbocycles. The summed E-state index contributed by atoms with van der Waals surface area (Å²) in [7, 11) is 0. The van der Waals surface area contributed by atoms with Gasteiger partial charge in [0.15, 0.2) is 5.17 Å². The number of rotatable bonds is 0. The van der Waals surface area contributed by atoms with Crippen molar-refractivity contribution in [2.24, 2.45) is 4.99 Å². The van der Waals surface area contributed by atoms with E-state index >= 15 is 0 Å². The maximum Gasteiger partial charge on any atom is 0.208 e. The third-order valence-electron chi connectivity index (χ3n) is 2.07. The molecule has 0 radical (unpaired) electrons. The lowest BCUT2D eigenvalue weighted by Gasteiger charge is -2.29. The Morgan fingerprint density at radius 2 is 2.23 bits per heavy atom. The molecule has 1 aliphatic rings. The Morgan fingerprint density at radius 1 is 1.62 bits per heavy atom. The van der Waals surface area contributed by atoms with Crippen LogP contribution in [0.4, 0.5) is 0 Å². The molecule has 0 spiro atoms. The lowest BCUT2D eigenvalue weighted by Crippen LogP contribution is -2.34. The van der Waals surface area contributed by atoms with E-state index in [9.17, 15) is 0 Å². The Morgan fingerprint density at radius 3 is 2.69 bits per heavy atom. The summed E-state index contributed by atoms with van der Waals surface area (Å²) < 4.78 is 0. The van der Waals surface area contributed by atoms with Gasteiger partial charge in [-0.1, -0.05) is 23.9 Å². The molecule has 1 rings (SSSR count). The summed E-state index contributed by atoms with van der Waals surface area (Å²) in [4.78, 5) is 5.91. The highest BCUT2D eigenvalue weighted by Gasteiger charge is 2.15. The quantitative estimate of drug-likeness (QED) is 0.256. The predicted molar refractivity (Wildman–Crippen MR) is 56.5 cm³/mol. The van der Waals surface area contributed by atoms with Crippen LogP contribution in [0.1, 0.15) is 12.8 Å². The van der Waals surface area contributed by atoms with E-state index < -0.39 is 0 Å². The first-order chi connectivity index (χ1) is 6.27. The van der Waals surface area contributed by atoms with Gasteiger partial charge in [0.05, 0.1) is 0 Å². The molecule has 0 aliphatic carbocycles. The Hall–Kier alpha value is -0.950. The summed E-state index contributed by atoms with van der Waals surface area (Å²) in [5, 5.41) is 9.28. The van der Waals surface area contributed by atoms with Crippen molar-refractivity contribution in [3.05, 3.63) is 12.2 Å². The normalized spacial score (nSPS) is 18.6.